The molecule has 6 nitrogen and oxygen atoms in total. The van der Waals surface area contributed by atoms with Gasteiger partial charge in [-0.05, 0) is 23.8 Å². The molecule has 0 saturated heterocycles. The van der Waals surface area contributed by atoms with Gasteiger partial charge in [0.15, 0.2) is 6.04 Å². The number of hydrogen-bond acceptors (Lipinski definition) is 5. The number of hydrogen-bond donors (Lipinski definition) is 2. The first kappa shape index (κ1) is 15.4. The van der Waals surface area contributed by atoms with Gasteiger partial charge in [-0.3, -0.25) is 4.79 Å². The zero-order valence-corrected chi connectivity index (χ0v) is 10.9. The van der Waals surface area contributed by atoms with Crippen molar-refractivity contribution in [2.75, 3.05) is 13.7 Å². The van der Waals surface area contributed by atoms with Crippen molar-refractivity contribution in [3.8, 4) is 6.07 Å². The first-order valence-electron chi connectivity index (χ1n) is 5.78. The number of aliphatic hydroxyl groups excluding tert-OH is 1. The molecule has 0 saturated carbocycles. The Kier molecular flexibility index (Phi) is 5.94. The predicted octanol–water partition coefficient (Wildman–Crippen LogP) is 0.222. The Labute approximate surface area is 116 Å². The number of amides is 1. The van der Waals surface area contributed by atoms with E-state index in [1.807, 2.05) is 6.07 Å². The fraction of sp³-hybridized carbons (Fsp3) is 0.214. The first-order valence-corrected chi connectivity index (χ1v) is 5.78. The number of methoxy groups -OCH3 is 1. The molecule has 1 rings (SSSR count). The lowest BCUT2D eigenvalue weighted by Gasteiger charge is -2.11. The molecule has 104 valence electrons. The molecule has 2 N–H and O–H groups in total. The van der Waals surface area contributed by atoms with Crippen LogP contribution in [-0.4, -0.2) is 36.7 Å². The molecule has 0 aliphatic rings. The minimum Gasteiger partial charge on any atom is -0.467 e. The lowest BCUT2D eigenvalue weighted by molar-refractivity contribution is -0.145. The van der Waals surface area contributed by atoms with Crippen LogP contribution in [0, 0.1) is 11.3 Å². The third kappa shape index (κ3) is 4.55. The second kappa shape index (κ2) is 7.71. The van der Waals surface area contributed by atoms with Gasteiger partial charge in [0.25, 0.3) is 0 Å². The lowest BCUT2D eigenvalue weighted by atomic mass is 10.1. The molecule has 6 heteroatoms. The Balaban J connectivity index is 2.62. The number of nitrogens with zero attached hydrogens (tertiary/aromatic N) is 1. The summed E-state index contributed by atoms with van der Waals surface area (Å²) in [6, 6.07) is 7.53. The maximum Gasteiger partial charge on any atom is 0.330 e. The van der Waals surface area contributed by atoms with Crippen LogP contribution in [0.15, 0.2) is 30.3 Å². The number of rotatable bonds is 5. The molecular formula is C14H14N2O4. The molecule has 0 bridgehead atoms. The summed E-state index contributed by atoms with van der Waals surface area (Å²) in [5.74, 6) is -1.24. The normalized spacial score (nSPS) is 11.7. The van der Waals surface area contributed by atoms with Gasteiger partial charge >= 0.3 is 5.97 Å². The standard InChI is InChI=1S/C14H14N2O4/c1-20-14(19)12(9-17)16-13(18)7-6-10-2-4-11(8-15)5-3-10/h2-7,12,17H,9H2,1H3,(H,16,18)/b7-6+. The number of carbonyl (C=O) groups excluding carboxylic acids is 2. The van der Waals surface area contributed by atoms with Gasteiger partial charge in [-0.2, -0.15) is 5.26 Å². The average Bonchev–Trinajstić information content (AvgIpc) is 2.50. The van der Waals surface area contributed by atoms with Gasteiger partial charge in [0.1, 0.15) is 0 Å². The van der Waals surface area contributed by atoms with Gasteiger partial charge in [-0.15, -0.1) is 0 Å². The summed E-state index contributed by atoms with van der Waals surface area (Å²) in [4.78, 5) is 22.7. The monoisotopic (exact) mass is 274 g/mol. The van der Waals surface area contributed by atoms with Crippen LogP contribution in [0.25, 0.3) is 6.08 Å². The summed E-state index contributed by atoms with van der Waals surface area (Å²) in [6.45, 7) is -0.539. The van der Waals surface area contributed by atoms with Crippen molar-refractivity contribution in [2.45, 2.75) is 6.04 Å². The Hall–Kier alpha value is -2.65. The minimum atomic E-state index is -1.09. The fourth-order valence-electron chi connectivity index (χ4n) is 1.38. The van der Waals surface area contributed by atoms with Crippen LogP contribution in [0.1, 0.15) is 11.1 Å². The van der Waals surface area contributed by atoms with E-state index in [2.05, 4.69) is 10.1 Å². The molecule has 0 heterocycles. The van der Waals surface area contributed by atoms with E-state index in [0.29, 0.717) is 5.56 Å². The quantitative estimate of drug-likeness (QED) is 0.591. The summed E-state index contributed by atoms with van der Waals surface area (Å²) in [5, 5.41) is 19.9. The molecule has 0 aromatic heterocycles. The van der Waals surface area contributed by atoms with Gasteiger partial charge < -0.3 is 15.2 Å². The molecule has 0 radical (unpaired) electrons. The van der Waals surface area contributed by atoms with Crippen molar-refractivity contribution in [3.05, 3.63) is 41.5 Å². The molecule has 1 aromatic carbocycles. The zero-order valence-electron chi connectivity index (χ0n) is 10.9. The van der Waals surface area contributed by atoms with Crippen LogP contribution in [0.2, 0.25) is 0 Å². The highest BCUT2D eigenvalue weighted by Gasteiger charge is 2.18. The smallest absolute Gasteiger partial charge is 0.330 e. The van der Waals surface area contributed by atoms with Crippen LogP contribution in [-0.2, 0) is 14.3 Å². The summed E-state index contributed by atoms with van der Waals surface area (Å²) in [7, 11) is 1.17. The summed E-state index contributed by atoms with van der Waals surface area (Å²) in [6.07, 6.45) is 2.76. The number of ether oxygens (including phenoxy) is 1. The molecule has 20 heavy (non-hydrogen) atoms. The number of nitrogens with one attached hydrogen (secondary N) is 1. The van der Waals surface area contributed by atoms with E-state index < -0.39 is 24.5 Å². The average molecular weight is 274 g/mol. The molecule has 1 unspecified atom stereocenters. The molecule has 1 aromatic rings. The third-order valence-electron chi connectivity index (χ3n) is 2.45. The maximum atomic E-state index is 11.6. The highest BCUT2D eigenvalue weighted by atomic mass is 16.5. The van der Waals surface area contributed by atoms with Gasteiger partial charge in [0.2, 0.25) is 5.91 Å². The van der Waals surface area contributed by atoms with Crippen LogP contribution in [0.5, 0.6) is 0 Å². The van der Waals surface area contributed by atoms with E-state index >= 15 is 0 Å². The van der Waals surface area contributed by atoms with Crippen molar-refractivity contribution in [1.82, 2.24) is 5.32 Å². The summed E-state index contributed by atoms with van der Waals surface area (Å²) >= 11 is 0. The molecule has 0 aliphatic carbocycles. The second-order valence-electron chi connectivity index (χ2n) is 3.83. The van der Waals surface area contributed by atoms with Crippen LogP contribution in [0.3, 0.4) is 0 Å². The van der Waals surface area contributed by atoms with E-state index in [-0.39, 0.29) is 0 Å². The second-order valence-corrected chi connectivity index (χ2v) is 3.83. The Bertz CT molecular complexity index is 543. The van der Waals surface area contributed by atoms with Gasteiger partial charge in [-0.25, -0.2) is 4.79 Å². The van der Waals surface area contributed by atoms with Gasteiger partial charge in [0, 0.05) is 6.08 Å². The summed E-state index contributed by atoms with van der Waals surface area (Å²) in [5.41, 5.74) is 1.26. The third-order valence-corrected chi connectivity index (χ3v) is 2.45. The maximum absolute atomic E-state index is 11.6. The van der Waals surface area contributed by atoms with Gasteiger partial charge in [0.05, 0.1) is 25.3 Å². The minimum absolute atomic E-state index is 0.526. The van der Waals surface area contributed by atoms with Crippen molar-refractivity contribution in [1.29, 1.82) is 5.26 Å². The number of nitriles is 1. The predicted molar refractivity (Wildman–Crippen MR) is 71.2 cm³/mol. The van der Waals surface area contributed by atoms with Gasteiger partial charge in [-0.1, -0.05) is 12.1 Å². The number of esters is 1. The first-order chi connectivity index (χ1) is 9.60. The number of benzene rings is 1. The van der Waals surface area contributed by atoms with Crippen molar-refractivity contribution in [2.24, 2.45) is 0 Å². The highest BCUT2D eigenvalue weighted by Crippen LogP contribution is 2.05. The van der Waals surface area contributed by atoms with E-state index in [1.54, 1.807) is 24.3 Å². The number of aliphatic hydroxyl groups is 1. The molecule has 0 fully saturated rings. The largest absolute Gasteiger partial charge is 0.467 e. The van der Waals surface area contributed by atoms with E-state index in [4.69, 9.17) is 10.4 Å². The lowest BCUT2D eigenvalue weighted by Crippen LogP contribution is -2.43. The van der Waals surface area contributed by atoms with Crippen molar-refractivity contribution in [3.63, 3.8) is 0 Å². The Morgan fingerprint density at radius 1 is 1.45 bits per heavy atom. The topological polar surface area (TPSA) is 99.4 Å². The van der Waals surface area contributed by atoms with E-state index in [0.717, 1.165) is 5.56 Å². The van der Waals surface area contributed by atoms with Crippen LogP contribution in [0.4, 0.5) is 0 Å². The fourth-order valence-corrected chi connectivity index (χ4v) is 1.38. The van der Waals surface area contributed by atoms with E-state index in [1.165, 1.54) is 19.3 Å². The molecule has 1 amide bonds. The SMILES string of the molecule is COC(=O)C(CO)NC(=O)/C=C/c1ccc(C#N)cc1. The van der Waals surface area contributed by atoms with E-state index in [9.17, 15) is 9.59 Å². The molecule has 1 atom stereocenters. The Morgan fingerprint density at radius 3 is 2.60 bits per heavy atom. The Morgan fingerprint density at radius 2 is 2.10 bits per heavy atom. The molecule has 0 aliphatic heterocycles. The zero-order chi connectivity index (χ0) is 15.0. The number of carbonyl (C=O) groups is 2. The summed E-state index contributed by atoms with van der Waals surface area (Å²) < 4.78 is 4.42. The highest BCUT2D eigenvalue weighted by molar-refractivity contribution is 5.94. The van der Waals surface area contributed by atoms with Crippen LogP contribution < -0.4 is 5.32 Å². The van der Waals surface area contributed by atoms with Crippen molar-refractivity contribution >= 4 is 18.0 Å². The van der Waals surface area contributed by atoms with Crippen LogP contribution >= 0.6 is 0 Å². The molecular weight excluding hydrogens is 260 g/mol. The molecule has 0 spiro atoms. The van der Waals surface area contributed by atoms with Crippen molar-refractivity contribution < 1.29 is 19.4 Å².